The van der Waals surface area contributed by atoms with E-state index >= 15 is 0 Å². The number of hydrogen-bond donors (Lipinski definition) is 3. The number of piperidine rings is 2. The van der Waals surface area contributed by atoms with Gasteiger partial charge in [-0.3, -0.25) is 33.5 Å². The molecule has 3 N–H and O–H groups in total. The van der Waals surface area contributed by atoms with Crippen LogP contribution in [-0.2, 0) is 24.6 Å². The molecule has 2 saturated carbocycles. The minimum absolute atomic E-state index is 0.106. The Morgan fingerprint density at radius 1 is 0.671 bits per heavy atom. The molecule has 10 rings (SSSR count). The first-order chi connectivity index (χ1) is 34.2. The highest BCUT2D eigenvalue weighted by Gasteiger charge is 2.36. The van der Waals surface area contributed by atoms with Gasteiger partial charge in [-0.2, -0.15) is 5.10 Å². The molecule has 2 aliphatic carbocycles. The van der Waals surface area contributed by atoms with Crippen molar-refractivity contribution in [2.75, 3.05) is 35.0 Å². The summed E-state index contributed by atoms with van der Waals surface area (Å²) in [5.74, 6) is 0.375. The Bertz CT molecular complexity index is 3480. The molecular weight excluding hydrogens is 1080 g/mol. The lowest BCUT2D eigenvalue weighted by Crippen LogP contribution is -2.39. The second-order valence-corrected chi connectivity index (χ2v) is 29.9. The number of amides is 2. The van der Waals surface area contributed by atoms with Gasteiger partial charge in [-0.15, -0.1) is 0 Å². The van der Waals surface area contributed by atoms with Crippen molar-refractivity contribution >= 4 is 105 Å². The number of sulfonamides is 2. The fourth-order valence-corrected chi connectivity index (χ4v) is 11.0. The number of anilines is 2. The number of H-pyrrole nitrogens is 1. The van der Waals surface area contributed by atoms with Crippen LogP contribution in [0.3, 0.4) is 0 Å². The number of benzene rings is 2. The molecule has 0 radical (unpaired) electrons. The van der Waals surface area contributed by atoms with E-state index in [9.17, 15) is 35.8 Å². The average molecular weight is 1140 g/mol. The monoisotopic (exact) mass is 1140 g/mol. The van der Waals surface area contributed by atoms with E-state index in [1.54, 1.807) is 50.7 Å². The van der Waals surface area contributed by atoms with Gasteiger partial charge in [0, 0.05) is 48.2 Å². The lowest BCUT2D eigenvalue weighted by molar-refractivity contribution is 0.0599. The highest BCUT2D eigenvalue weighted by molar-refractivity contribution is 8.24. The molecule has 2 saturated heterocycles. The fraction of sp³-hybridized carbons (Fsp3) is 0.458. The number of carbonyl (C=O) groups is 2. The normalized spacial score (nSPS) is 18.4. The van der Waals surface area contributed by atoms with E-state index in [0.29, 0.717) is 58.1 Å². The number of fused-ring (bicyclic) bond motifs is 2. The third kappa shape index (κ3) is 13.2. The predicted molar refractivity (Wildman–Crippen MR) is 287 cm³/mol. The molecule has 2 aliphatic heterocycles. The van der Waals surface area contributed by atoms with Crippen molar-refractivity contribution in [1.29, 1.82) is 0 Å². The van der Waals surface area contributed by atoms with Crippen molar-refractivity contribution in [3.8, 4) is 0 Å². The molecule has 392 valence electrons. The maximum Gasteiger partial charge on any atom is 0.339 e. The molecule has 6 heterocycles. The van der Waals surface area contributed by atoms with Crippen LogP contribution in [0.15, 0.2) is 53.3 Å². The molecule has 2 atom stereocenters. The van der Waals surface area contributed by atoms with Crippen LogP contribution in [0.25, 0.3) is 11.3 Å². The highest BCUT2D eigenvalue weighted by atomic mass is 36.0. The largest absolute Gasteiger partial charge is 0.339 e. The summed E-state index contributed by atoms with van der Waals surface area (Å²) in [4.78, 5) is 53.6. The lowest BCUT2D eigenvalue weighted by atomic mass is 9.97. The Kier molecular flexibility index (Phi) is 16.1. The number of aromatic nitrogens is 6. The van der Waals surface area contributed by atoms with Gasteiger partial charge in [-0.25, -0.2) is 35.8 Å². The Morgan fingerprint density at radius 3 is 1.63 bits per heavy atom. The van der Waals surface area contributed by atoms with E-state index in [2.05, 4.69) is 48.3 Å². The first-order valence-corrected chi connectivity index (χ1v) is 32.5. The van der Waals surface area contributed by atoms with Gasteiger partial charge < -0.3 is 9.80 Å². The molecule has 4 fully saturated rings. The molecule has 0 spiro atoms. The molecular formula is C48H57Cl4N10O8PS2. The van der Waals surface area contributed by atoms with Gasteiger partial charge in [0.05, 0.1) is 69.9 Å². The molecule has 6 aromatic rings. The van der Waals surface area contributed by atoms with Crippen LogP contribution in [0.2, 0.25) is 5.15 Å². The Hall–Kier alpha value is -4.69. The van der Waals surface area contributed by atoms with Crippen molar-refractivity contribution in [3.63, 3.8) is 0 Å². The van der Waals surface area contributed by atoms with E-state index < -0.39 is 25.2 Å². The third-order valence-electron chi connectivity index (χ3n) is 13.3. The summed E-state index contributed by atoms with van der Waals surface area (Å²) in [5.41, 5.74) is 9.15. The summed E-state index contributed by atoms with van der Waals surface area (Å²) < 4.78 is 65.2. The molecule has 0 unspecified atom stereocenters. The SMILES string of the molecule is Cc1ccc(NS(C)(=O)=O)c(C(=O)N2CCCC[C@H]2c2cc3nc(C4CC4)c(C)c(=O)n3[nH]2)c1.Cc1ccc(NS(C)(=O)=O)c(C(=O)N2CCCC[C@H]2c2cc3nc(C4CC4)c(C)c(Cl)n3n2)c1.O=P(Cl)(Cl)Cl. The van der Waals surface area contributed by atoms with Gasteiger partial charge in [0.25, 0.3) is 17.4 Å². The topological polar surface area (TPSA) is 230 Å². The van der Waals surface area contributed by atoms with Gasteiger partial charge >= 0.3 is 5.20 Å². The van der Waals surface area contributed by atoms with Crippen molar-refractivity contribution in [3.05, 3.63) is 120 Å². The highest BCUT2D eigenvalue weighted by Crippen LogP contribution is 2.61. The minimum Gasteiger partial charge on any atom is -0.330 e. The number of nitrogens with one attached hydrogen (secondary N) is 3. The van der Waals surface area contributed by atoms with Gasteiger partial charge in [0.1, 0.15) is 5.15 Å². The number of carbonyl (C=O) groups excluding carboxylic acids is 2. The quantitative estimate of drug-likeness (QED) is 0.0863. The number of aromatic amines is 1. The van der Waals surface area contributed by atoms with Gasteiger partial charge in [-0.1, -0.05) is 34.9 Å². The van der Waals surface area contributed by atoms with Crippen LogP contribution in [0.5, 0.6) is 0 Å². The second kappa shape index (κ2) is 21.5. The average Bonchev–Trinajstić information content (AvgIpc) is 4.26. The zero-order chi connectivity index (χ0) is 52.9. The Balaban J connectivity index is 0.000000178. The van der Waals surface area contributed by atoms with Crippen molar-refractivity contribution in [2.45, 2.75) is 116 Å². The van der Waals surface area contributed by atoms with E-state index in [4.69, 9.17) is 26.7 Å². The lowest BCUT2D eigenvalue weighted by Gasteiger charge is -2.35. The zero-order valence-electron chi connectivity index (χ0n) is 41.1. The van der Waals surface area contributed by atoms with E-state index in [1.807, 2.05) is 39.8 Å². The molecule has 2 amide bonds. The molecule has 4 aliphatic rings. The van der Waals surface area contributed by atoms with Crippen molar-refractivity contribution in [2.24, 2.45) is 0 Å². The van der Waals surface area contributed by atoms with Crippen molar-refractivity contribution < 1.29 is 31.0 Å². The molecule has 0 bridgehead atoms. The van der Waals surface area contributed by atoms with Gasteiger partial charge in [-0.05, 0) is 150 Å². The Morgan fingerprint density at radius 2 is 1.14 bits per heavy atom. The number of halogens is 4. The van der Waals surface area contributed by atoms with Crippen LogP contribution in [0.4, 0.5) is 11.4 Å². The molecule has 25 heteroatoms. The maximum absolute atomic E-state index is 13.7. The molecule has 2 aromatic carbocycles. The van der Waals surface area contributed by atoms with Crippen LogP contribution < -0.4 is 15.0 Å². The number of aryl methyl sites for hydroxylation is 2. The van der Waals surface area contributed by atoms with Crippen LogP contribution in [-0.4, -0.2) is 93.2 Å². The number of nitrogens with zero attached hydrogens (tertiary/aromatic N) is 7. The van der Waals surface area contributed by atoms with Crippen molar-refractivity contribution in [1.82, 2.24) is 39.0 Å². The predicted octanol–water partition coefficient (Wildman–Crippen LogP) is 10.7. The summed E-state index contributed by atoms with van der Waals surface area (Å²) in [6.07, 6.45) is 11.7. The number of hydrogen-bond acceptors (Lipinski definition) is 11. The number of likely N-dealkylation sites (tertiary alicyclic amines) is 2. The van der Waals surface area contributed by atoms with E-state index in [1.165, 1.54) is 4.52 Å². The Labute approximate surface area is 443 Å². The zero-order valence-corrected chi connectivity index (χ0v) is 46.6. The second-order valence-electron chi connectivity index (χ2n) is 19.4. The number of rotatable bonds is 10. The molecule has 73 heavy (non-hydrogen) atoms. The van der Waals surface area contributed by atoms with E-state index in [-0.39, 0.29) is 40.8 Å². The summed E-state index contributed by atoms with van der Waals surface area (Å²) in [7, 11) is -7.08. The summed E-state index contributed by atoms with van der Waals surface area (Å²) in [6.45, 7) is 8.65. The van der Waals surface area contributed by atoms with Gasteiger partial charge in [0.2, 0.25) is 20.0 Å². The summed E-state index contributed by atoms with van der Waals surface area (Å²) >= 11 is 20.5. The molecule has 4 aromatic heterocycles. The summed E-state index contributed by atoms with van der Waals surface area (Å²) in [6, 6.07) is 13.6. The van der Waals surface area contributed by atoms with Gasteiger partial charge in [0.15, 0.2) is 11.3 Å². The minimum atomic E-state index is -3.55. The maximum atomic E-state index is 13.7. The first kappa shape index (κ1) is 54.6. The van der Waals surface area contributed by atoms with Crippen LogP contribution in [0.1, 0.15) is 154 Å². The van der Waals surface area contributed by atoms with E-state index in [0.717, 1.165) is 116 Å². The fourth-order valence-electron chi connectivity index (χ4n) is 9.61. The first-order valence-electron chi connectivity index (χ1n) is 23.9. The van der Waals surface area contributed by atoms with Crippen LogP contribution in [0, 0.1) is 27.7 Å². The smallest absolute Gasteiger partial charge is 0.330 e. The third-order valence-corrected chi connectivity index (χ3v) is 14.9. The summed E-state index contributed by atoms with van der Waals surface area (Å²) in [5, 5.41) is 5.30. The van der Waals surface area contributed by atoms with Crippen LogP contribution >= 0.6 is 50.5 Å². The standard InChI is InChI=1S/C24H28ClN5O3S.C24H29N5O4S.Cl3OP/c1-14-7-10-18(28-34(3,32)33)17(12-14)24(31)29-11-5-4-6-20(29)19-13-21-26-22(16-8-9-16)15(2)23(25)30(21)27-19;1-14-7-10-18(27-34(3,32)33)17(12-14)24(31)28-11-5-4-6-20(28)19-13-21-25-22(16-8-9-16)15(2)23(30)29(21)26-19;1-5(2,3)4/h7,10,12-13,16,20,28H,4-6,8-9,11H2,1-3H3;7,10,12-13,16,20,26-27H,4-6,8-9,11H2,1-3H3;/t2*20-;/m00./s1. The molecule has 18 nitrogen and oxygen atoms in total.